The highest BCUT2D eigenvalue weighted by atomic mass is 19.1. The molecule has 174 valence electrons. The maximum atomic E-state index is 15.1. The van der Waals surface area contributed by atoms with E-state index in [0.29, 0.717) is 31.5 Å². The van der Waals surface area contributed by atoms with Crippen LogP contribution < -0.4 is 16.0 Å². The number of amides is 1. The first kappa shape index (κ1) is 21.8. The second-order valence-electron chi connectivity index (χ2n) is 8.93. The lowest BCUT2D eigenvalue weighted by Gasteiger charge is -2.28. The quantitative estimate of drug-likeness (QED) is 0.615. The molecule has 2 aliphatic rings. The highest BCUT2D eigenvalue weighted by molar-refractivity contribution is 5.95. The standard InChI is InChI=1S/C24H29FN6O2/c1-3-30-7-6-15-9-21(28-29-23(15)30)24(32)27-16-5-4-14-8-17(11-19(25)18(14)10-16)31-12-20(26)22(13-31)33-2/h6-9,11,16,20,22H,3-5,10,12-13,26H2,1-2H3,(H,27,32)/t16-,20+,22+/m1/s1. The Hall–Kier alpha value is -3.04. The number of nitrogens with two attached hydrogens (primary N) is 1. The van der Waals surface area contributed by atoms with Gasteiger partial charge < -0.3 is 25.3 Å². The maximum Gasteiger partial charge on any atom is 0.272 e. The Balaban J connectivity index is 1.29. The lowest BCUT2D eigenvalue weighted by Crippen LogP contribution is -2.39. The number of fused-ring (bicyclic) bond motifs is 2. The van der Waals surface area contributed by atoms with E-state index < -0.39 is 0 Å². The van der Waals surface area contributed by atoms with Gasteiger partial charge >= 0.3 is 0 Å². The van der Waals surface area contributed by atoms with Crippen LogP contribution in [0, 0.1) is 5.82 Å². The highest BCUT2D eigenvalue weighted by Gasteiger charge is 2.32. The molecule has 3 heterocycles. The van der Waals surface area contributed by atoms with Crippen molar-refractivity contribution in [2.24, 2.45) is 5.73 Å². The number of carbonyl (C=O) groups is 1. The third-order valence-corrected chi connectivity index (χ3v) is 6.88. The van der Waals surface area contributed by atoms with Gasteiger partial charge in [0.2, 0.25) is 0 Å². The average Bonchev–Trinajstić information content (AvgIpc) is 3.41. The Morgan fingerprint density at radius 1 is 1.30 bits per heavy atom. The van der Waals surface area contributed by atoms with Crippen LogP contribution in [-0.2, 0) is 24.1 Å². The molecule has 0 saturated carbocycles. The molecule has 2 aromatic heterocycles. The monoisotopic (exact) mass is 452 g/mol. The summed E-state index contributed by atoms with van der Waals surface area (Å²) < 4.78 is 22.5. The largest absolute Gasteiger partial charge is 0.378 e. The van der Waals surface area contributed by atoms with Crippen molar-refractivity contribution in [3.05, 3.63) is 53.1 Å². The fourth-order valence-corrected chi connectivity index (χ4v) is 4.98. The summed E-state index contributed by atoms with van der Waals surface area (Å²) in [5.74, 6) is -0.520. The van der Waals surface area contributed by atoms with Crippen LogP contribution in [0.3, 0.4) is 0 Å². The summed E-state index contributed by atoms with van der Waals surface area (Å²) in [4.78, 5) is 14.9. The van der Waals surface area contributed by atoms with Crippen molar-refractivity contribution in [2.75, 3.05) is 25.1 Å². The molecule has 1 saturated heterocycles. The Labute approximate surface area is 191 Å². The van der Waals surface area contributed by atoms with Gasteiger partial charge in [0.05, 0.1) is 12.1 Å². The number of aryl methyl sites for hydroxylation is 2. The highest BCUT2D eigenvalue weighted by Crippen LogP contribution is 2.31. The Morgan fingerprint density at radius 3 is 2.91 bits per heavy atom. The summed E-state index contributed by atoms with van der Waals surface area (Å²) in [6.07, 6.45) is 3.77. The molecule has 33 heavy (non-hydrogen) atoms. The normalized spacial score (nSPS) is 22.5. The van der Waals surface area contributed by atoms with Crippen molar-refractivity contribution in [1.29, 1.82) is 0 Å². The number of methoxy groups -OCH3 is 1. The molecule has 0 radical (unpaired) electrons. The molecule has 1 aliphatic carbocycles. The zero-order valence-corrected chi connectivity index (χ0v) is 18.9. The molecule has 3 N–H and O–H groups in total. The number of anilines is 1. The number of hydrogen-bond donors (Lipinski definition) is 2. The van der Waals surface area contributed by atoms with Gasteiger partial charge in [0.25, 0.3) is 5.91 Å². The molecule has 5 rings (SSSR count). The zero-order chi connectivity index (χ0) is 23.1. The molecule has 3 atom stereocenters. The van der Waals surface area contributed by atoms with Gasteiger partial charge in [0, 0.05) is 50.1 Å². The van der Waals surface area contributed by atoms with Gasteiger partial charge in [-0.05, 0) is 61.6 Å². The van der Waals surface area contributed by atoms with Crippen molar-refractivity contribution < 1.29 is 13.9 Å². The molecule has 8 nitrogen and oxygen atoms in total. The van der Waals surface area contributed by atoms with E-state index in [0.717, 1.165) is 35.2 Å². The Kier molecular flexibility index (Phi) is 5.76. The summed E-state index contributed by atoms with van der Waals surface area (Å²) >= 11 is 0. The van der Waals surface area contributed by atoms with Gasteiger partial charge in [-0.2, -0.15) is 0 Å². The number of ether oxygens (including phenoxy) is 1. The van der Waals surface area contributed by atoms with Gasteiger partial charge in [-0.15, -0.1) is 10.2 Å². The first-order valence-electron chi connectivity index (χ1n) is 11.4. The van der Waals surface area contributed by atoms with Crippen LogP contribution in [-0.4, -0.2) is 59.1 Å². The minimum absolute atomic E-state index is 0.0495. The number of benzene rings is 1. The lowest BCUT2D eigenvalue weighted by atomic mass is 9.87. The molecule has 1 amide bonds. The first-order chi connectivity index (χ1) is 16.0. The lowest BCUT2D eigenvalue weighted by molar-refractivity contribution is 0.0927. The van der Waals surface area contributed by atoms with Crippen molar-refractivity contribution >= 4 is 22.6 Å². The number of nitrogens with one attached hydrogen (secondary N) is 1. The number of rotatable bonds is 5. The van der Waals surface area contributed by atoms with E-state index in [-0.39, 0.29) is 35.6 Å². The van der Waals surface area contributed by atoms with Gasteiger partial charge in [-0.3, -0.25) is 4.79 Å². The second-order valence-corrected chi connectivity index (χ2v) is 8.93. The van der Waals surface area contributed by atoms with Crippen molar-refractivity contribution in [1.82, 2.24) is 20.1 Å². The van der Waals surface area contributed by atoms with E-state index in [4.69, 9.17) is 10.5 Å². The van der Waals surface area contributed by atoms with Crippen LogP contribution >= 0.6 is 0 Å². The fraction of sp³-hybridized carbons (Fsp3) is 0.458. The second kappa shape index (κ2) is 8.72. The minimum atomic E-state index is -0.282. The number of nitrogens with zero attached hydrogens (tertiary/aromatic N) is 4. The molecular formula is C24H29FN6O2. The molecule has 1 aliphatic heterocycles. The predicted octanol–water partition coefficient (Wildman–Crippen LogP) is 2.04. The van der Waals surface area contributed by atoms with Crippen LogP contribution in [0.1, 0.15) is 35.0 Å². The summed E-state index contributed by atoms with van der Waals surface area (Å²) in [7, 11) is 1.65. The maximum absolute atomic E-state index is 15.1. The van der Waals surface area contributed by atoms with Crippen LogP contribution in [0.5, 0.6) is 0 Å². The fourth-order valence-electron chi connectivity index (χ4n) is 4.98. The number of halogens is 1. The molecule has 0 unspecified atom stereocenters. The van der Waals surface area contributed by atoms with Crippen LogP contribution in [0.2, 0.25) is 0 Å². The number of carbonyl (C=O) groups excluding carboxylic acids is 1. The van der Waals surface area contributed by atoms with E-state index in [1.54, 1.807) is 19.2 Å². The summed E-state index contributed by atoms with van der Waals surface area (Å²) in [5.41, 5.74) is 9.67. The van der Waals surface area contributed by atoms with Crippen LogP contribution in [0.25, 0.3) is 11.0 Å². The summed E-state index contributed by atoms with van der Waals surface area (Å²) in [6.45, 7) is 4.11. The third-order valence-electron chi connectivity index (χ3n) is 6.88. The van der Waals surface area contributed by atoms with Gasteiger partial charge in [0.15, 0.2) is 11.3 Å². The van der Waals surface area contributed by atoms with Crippen molar-refractivity contribution in [3.63, 3.8) is 0 Å². The molecule has 0 spiro atoms. The van der Waals surface area contributed by atoms with Crippen molar-refractivity contribution in [2.45, 2.75) is 50.9 Å². The van der Waals surface area contributed by atoms with E-state index in [1.807, 2.05) is 23.8 Å². The Bertz CT molecular complexity index is 1200. The smallest absolute Gasteiger partial charge is 0.272 e. The predicted molar refractivity (Wildman–Crippen MR) is 124 cm³/mol. The minimum Gasteiger partial charge on any atom is -0.378 e. The molecule has 3 aromatic rings. The molecule has 0 bridgehead atoms. The van der Waals surface area contributed by atoms with Crippen LogP contribution in [0.15, 0.2) is 30.5 Å². The summed E-state index contributed by atoms with van der Waals surface area (Å²) in [5, 5.41) is 12.2. The Morgan fingerprint density at radius 2 is 2.15 bits per heavy atom. The van der Waals surface area contributed by atoms with Gasteiger partial charge in [0.1, 0.15) is 5.82 Å². The molecular weight excluding hydrogens is 423 g/mol. The third kappa shape index (κ3) is 4.06. The average molecular weight is 453 g/mol. The number of aromatic nitrogens is 3. The van der Waals surface area contributed by atoms with Crippen LogP contribution in [0.4, 0.5) is 10.1 Å². The van der Waals surface area contributed by atoms with E-state index in [9.17, 15) is 4.79 Å². The first-order valence-corrected chi connectivity index (χ1v) is 11.4. The topological polar surface area (TPSA) is 98.3 Å². The van der Waals surface area contributed by atoms with Gasteiger partial charge in [-0.25, -0.2) is 4.39 Å². The SMILES string of the molecule is CCn1ccc2cc(C(=O)N[C@@H]3CCc4cc(N5C[C@H](OC)[C@@H](N)C5)cc(F)c4C3)nnc21. The van der Waals surface area contributed by atoms with E-state index in [2.05, 4.69) is 26.5 Å². The number of hydrogen-bond acceptors (Lipinski definition) is 6. The zero-order valence-electron chi connectivity index (χ0n) is 18.9. The molecule has 1 aromatic carbocycles. The van der Waals surface area contributed by atoms with E-state index >= 15 is 4.39 Å². The van der Waals surface area contributed by atoms with Gasteiger partial charge in [-0.1, -0.05) is 0 Å². The molecule has 1 fully saturated rings. The summed E-state index contributed by atoms with van der Waals surface area (Å²) in [6, 6.07) is 7.07. The van der Waals surface area contributed by atoms with E-state index in [1.165, 1.54) is 0 Å². The molecule has 9 heteroatoms. The van der Waals surface area contributed by atoms with Crippen molar-refractivity contribution in [3.8, 4) is 0 Å².